The first-order valence-electron chi connectivity index (χ1n) is 8.54. The van der Waals surface area contributed by atoms with Gasteiger partial charge in [-0.1, -0.05) is 11.6 Å². The molecule has 0 aromatic heterocycles. The molecule has 0 bridgehead atoms. The second kappa shape index (κ2) is 9.38. The normalized spacial score (nSPS) is 12.8. The van der Waals surface area contributed by atoms with Crippen molar-refractivity contribution in [1.29, 1.82) is 0 Å². The highest BCUT2D eigenvalue weighted by Crippen LogP contribution is 2.29. The molecule has 0 aliphatic heterocycles. The fraction of sp³-hybridized carbons (Fsp3) is 0.316. The van der Waals surface area contributed by atoms with E-state index in [-0.39, 0.29) is 17.3 Å². The van der Waals surface area contributed by atoms with Crippen molar-refractivity contribution in [2.75, 3.05) is 26.6 Å². The Morgan fingerprint density at radius 2 is 1.86 bits per heavy atom. The van der Waals surface area contributed by atoms with Crippen molar-refractivity contribution in [2.45, 2.75) is 19.5 Å². The van der Waals surface area contributed by atoms with Crippen molar-refractivity contribution < 1.29 is 24.1 Å². The number of likely N-dealkylation sites (N-methyl/N-ethyl adjacent to an activating group) is 1. The van der Waals surface area contributed by atoms with Gasteiger partial charge in [0.15, 0.2) is 6.04 Å². The Morgan fingerprint density at radius 3 is 2.46 bits per heavy atom. The van der Waals surface area contributed by atoms with Gasteiger partial charge in [-0.2, -0.15) is 0 Å². The van der Waals surface area contributed by atoms with E-state index in [1.807, 2.05) is 7.05 Å². The fourth-order valence-corrected chi connectivity index (χ4v) is 2.91. The smallest absolute Gasteiger partial charge is 0.282 e. The molecule has 8 nitrogen and oxygen atoms in total. The van der Waals surface area contributed by atoms with Gasteiger partial charge in [-0.3, -0.25) is 14.9 Å². The second-order valence-corrected chi connectivity index (χ2v) is 6.77. The van der Waals surface area contributed by atoms with Crippen LogP contribution >= 0.6 is 11.6 Å². The summed E-state index contributed by atoms with van der Waals surface area (Å²) >= 11 is 6.07. The molecule has 0 radical (unpaired) electrons. The third kappa shape index (κ3) is 5.11. The number of benzene rings is 2. The van der Waals surface area contributed by atoms with Gasteiger partial charge in [0.25, 0.3) is 11.6 Å². The number of non-ortho nitro benzene ring substituents is 1. The number of carbonyl (C=O) groups is 1. The van der Waals surface area contributed by atoms with Crippen molar-refractivity contribution in [1.82, 2.24) is 0 Å². The van der Waals surface area contributed by atoms with Crippen molar-refractivity contribution in [3.63, 3.8) is 0 Å². The molecule has 1 amide bonds. The van der Waals surface area contributed by atoms with Crippen LogP contribution in [0.15, 0.2) is 36.4 Å². The van der Waals surface area contributed by atoms with E-state index >= 15 is 0 Å². The monoisotopic (exact) mass is 408 g/mol. The van der Waals surface area contributed by atoms with Crippen LogP contribution in [0, 0.1) is 10.1 Å². The Kier molecular flexibility index (Phi) is 7.19. The SMILES string of the molecule is COc1ccc(Cl)cc1C[NH+](C)[C@H](C)C(=O)Nc1cc([N+](=O)[O-])ccc1OC. The molecule has 2 rings (SSSR count). The third-order valence-electron chi connectivity index (χ3n) is 4.50. The lowest BCUT2D eigenvalue weighted by atomic mass is 10.1. The van der Waals surface area contributed by atoms with Gasteiger partial charge in [0, 0.05) is 22.7 Å². The van der Waals surface area contributed by atoms with E-state index in [0.29, 0.717) is 23.1 Å². The topological polar surface area (TPSA) is 95.1 Å². The fourth-order valence-electron chi connectivity index (χ4n) is 2.71. The zero-order valence-corrected chi connectivity index (χ0v) is 16.9. The molecule has 2 aromatic rings. The van der Waals surface area contributed by atoms with E-state index in [1.165, 1.54) is 25.3 Å². The van der Waals surface area contributed by atoms with E-state index in [9.17, 15) is 14.9 Å². The molecule has 0 aliphatic rings. The Balaban J connectivity index is 2.15. The molecule has 28 heavy (non-hydrogen) atoms. The molecule has 0 spiro atoms. The lowest BCUT2D eigenvalue weighted by Crippen LogP contribution is -3.12. The summed E-state index contributed by atoms with van der Waals surface area (Å²) in [5.74, 6) is 0.745. The summed E-state index contributed by atoms with van der Waals surface area (Å²) in [6, 6.07) is 8.92. The van der Waals surface area contributed by atoms with Gasteiger partial charge in [-0.25, -0.2) is 0 Å². The summed E-state index contributed by atoms with van der Waals surface area (Å²) in [6.07, 6.45) is 0. The Hall–Kier alpha value is -2.84. The van der Waals surface area contributed by atoms with E-state index in [2.05, 4.69) is 5.32 Å². The third-order valence-corrected chi connectivity index (χ3v) is 4.73. The second-order valence-electron chi connectivity index (χ2n) is 6.33. The van der Waals surface area contributed by atoms with Gasteiger partial charge in [-0.15, -0.1) is 0 Å². The van der Waals surface area contributed by atoms with Gasteiger partial charge < -0.3 is 19.7 Å². The average Bonchev–Trinajstić information content (AvgIpc) is 2.67. The van der Waals surface area contributed by atoms with Gasteiger partial charge in [-0.05, 0) is 31.2 Å². The number of anilines is 1. The average molecular weight is 409 g/mol. The molecule has 0 heterocycles. The molecule has 150 valence electrons. The van der Waals surface area contributed by atoms with Crippen LogP contribution < -0.4 is 19.7 Å². The van der Waals surface area contributed by atoms with Crippen LogP contribution in [0.2, 0.25) is 5.02 Å². The minimum atomic E-state index is -0.526. The van der Waals surface area contributed by atoms with Crippen LogP contribution in [0.5, 0.6) is 11.5 Å². The van der Waals surface area contributed by atoms with Crippen LogP contribution in [0.1, 0.15) is 12.5 Å². The van der Waals surface area contributed by atoms with Crippen LogP contribution in [0.25, 0.3) is 0 Å². The molecule has 0 saturated heterocycles. The predicted molar refractivity (Wildman–Crippen MR) is 106 cm³/mol. The van der Waals surface area contributed by atoms with Crippen LogP contribution in [-0.4, -0.2) is 38.1 Å². The molecule has 0 aliphatic carbocycles. The zero-order valence-electron chi connectivity index (χ0n) is 16.1. The minimum absolute atomic E-state index is 0.131. The highest BCUT2D eigenvalue weighted by Gasteiger charge is 2.25. The molecule has 1 unspecified atom stereocenters. The van der Waals surface area contributed by atoms with Gasteiger partial charge in [0.05, 0.1) is 31.9 Å². The summed E-state index contributed by atoms with van der Waals surface area (Å²) in [7, 11) is 4.88. The summed E-state index contributed by atoms with van der Waals surface area (Å²) in [4.78, 5) is 24.1. The van der Waals surface area contributed by atoms with E-state index in [4.69, 9.17) is 21.1 Å². The number of nitro groups is 1. The van der Waals surface area contributed by atoms with Gasteiger partial charge in [0.2, 0.25) is 0 Å². The maximum Gasteiger partial charge on any atom is 0.282 e. The molecule has 0 saturated carbocycles. The first kappa shape index (κ1) is 21.5. The summed E-state index contributed by atoms with van der Waals surface area (Å²) < 4.78 is 10.5. The van der Waals surface area contributed by atoms with Crippen molar-refractivity contribution in [3.05, 3.63) is 57.1 Å². The highest BCUT2D eigenvalue weighted by atomic mass is 35.5. The van der Waals surface area contributed by atoms with Crippen LogP contribution in [0.3, 0.4) is 0 Å². The number of quaternary nitrogens is 1. The Bertz CT molecular complexity index is 875. The van der Waals surface area contributed by atoms with Gasteiger partial charge >= 0.3 is 0 Å². The number of nitrogens with one attached hydrogen (secondary N) is 2. The standard InChI is InChI=1S/C19H22ClN3O5/c1-12(22(2)11-13-9-14(20)5-7-17(13)27-3)19(24)21-16-10-15(23(25)26)6-8-18(16)28-4/h5-10,12H,11H2,1-4H3,(H,21,24)/p+1/t12-/m1/s1. The lowest BCUT2D eigenvalue weighted by molar-refractivity contribution is -0.907. The van der Waals surface area contributed by atoms with E-state index < -0.39 is 11.0 Å². The summed E-state index contributed by atoms with van der Waals surface area (Å²) in [5.41, 5.74) is 0.995. The number of methoxy groups -OCH3 is 2. The maximum absolute atomic E-state index is 12.7. The number of hydrogen-bond donors (Lipinski definition) is 2. The van der Waals surface area contributed by atoms with Crippen LogP contribution in [0.4, 0.5) is 11.4 Å². The number of amides is 1. The minimum Gasteiger partial charge on any atom is -0.496 e. The maximum atomic E-state index is 12.7. The molecule has 2 aromatic carbocycles. The Labute approximate surface area is 168 Å². The Morgan fingerprint density at radius 1 is 1.21 bits per heavy atom. The number of nitro benzene ring substituents is 1. The number of ether oxygens (including phenoxy) is 2. The summed E-state index contributed by atoms with van der Waals surface area (Å²) in [6.45, 7) is 2.27. The number of halogens is 1. The quantitative estimate of drug-likeness (QED) is 0.516. The first-order chi connectivity index (χ1) is 13.3. The van der Waals surface area contributed by atoms with Crippen molar-refractivity contribution in [2.24, 2.45) is 0 Å². The number of rotatable bonds is 8. The molecular weight excluding hydrogens is 386 g/mol. The number of carbonyl (C=O) groups excluding carboxylic acids is 1. The van der Waals surface area contributed by atoms with Crippen molar-refractivity contribution >= 4 is 28.9 Å². The van der Waals surface area contributed by atoms with Crippen molar-refractivity contribution in [3.8, 4) is 11.5 Å². The molecule has 9 heteroatoms. The predicted octanol–water partition coefficient (Wildman–Crippen LogP) is 2.31. The lowest BCUT2D eigenvalue weighted by Gasteiger charge is -2.22. The number of hydrogen-bond acceptors (Lipinski definition) is 5. The van der Waals surface area contributed by atoms with E-state index in [0.717, 1.165) is 10.5 Å². The molecule has 2 atom stereocenters. The molecule has 0 fully saturated rings. The number of nitrogens with zero attached hydrogens (tertiary/aromatic N) is 1. The highest BCUT2D eigenvalue weighted by molar-refractivity contribution is 6.30. The van der Waals surface area contributed by atoms with E-state index in [1.54, 1.807) is 32.2 Å². The zero-order chi connectivity index (χ0) is 20.8. The van der Waals surface area contributed by atoms with Gasteiger partial charge in [0.1, 0.15) is 18.0 Å². The van der Waals surface area contributed by atoms with Crippen LogP contribution in [-0.2, 0) is 11.3 Å². The largest absolute Gasteiger partial charge is 0.496 e. The molecule has 2 N–H and O–H groups in total. The first-order valence-corrected chi connectivity index (χ1v) is 8.92. The molecular formula is C19H23ClN3O5+. The summed E-state index contributed by atoms with van der Waals surface area (Å²) in [5, 5.41) is 14.3.